The van der Waals surface area contributed by atoms with Crippen LogP contribution < -0.4 is 10.6 Å². The maximum atomic E-state index is 13.1. The van der Waals surface area contributed by atoms with Crippen molar-refractivity contribution in [2.45, 2.75) is 334 Å². The van der Waals surface area contributed by atoms with Gasteiger partial charge in [-0.15, -0.1) is 0 Å². The summed E-state index contributed by atoms with van der Waals surface area (Å²) in [6.07, 6.45) is 43.5. The number of hydrogen-bond acceptors (Lipinski definition) is 12. The fourth-order valence-corrected chi connectivity index (χ4v) is 12.5. The highest BCUT2D eigenvalue weighted by Crippen LogP contribution is 2.20. The molecule has 0 aromatic rings. The summed E-state index contributed by atoms with van der Waals surface area (Å²) < 4.78 is 0. The van der Waals surface area contributed by atoms with Crippen LogP contribution in [-0.2, 0) is 19.2 Å². The van der Waals surface area contributed by atoms with E-state index in [9.17, 15) is 39.6 Å². The van der Waals surface area contributed by atoms with Crippen molar-refractivity contribution in [2.24, 2.45) is 0 Å². The van der Waals surface area contributed by atoms with E-state index in [-0.39, 0.29) is 23.1 Å². The predicted octanol–water partition coefficient (Wildman–Crippen LogP) is 14.0. The molecule has 0 aliphatic carbocycles. The number of amides is 2. The molecule has 12 nitrogen and oxygen atoms in total. The van der Waals surface area contributed by atoms with Crippen LogP contribution >= 0.6 is 23.5 Å². The molecule has 0 aromatic carbocycles. The second-order valence-corrected chi connectivity index (χ2v) is 25.9. The molecular weight excluding hydrogens is 1020 g/mol. The zero-order valence-corrected chi connectivity index (χ0v) is 52.6. The second kappa shape index (κ2) is 53.7. The van der Waals surface area contributed by atoms with Crippen LogP contribution in [-0.4, -0.2) is 140 Å². The molecule has 2 amide bonds. The van der Waals surface area contributed by atoms with Crippen LogP contribution in [0.1, 0.15) is 297 Å². The van der Waals surface area contributed by atoms with Gasteiger partial charge in [-0.2, -0.15) is 0 Å². The molecule has 0 saturated carbocycles. The lowest BCUT2D eigenvalue weighted by Gasteiger charge is -2.29. The van der Waals surface area contributed by atoms with Gasteiger partial charge in [0, 0.05) is 50.5 Å². The van der Waals surface area contributed by atoms with Crippen LogP contribution in [0.2, 0.25) is 0 Å². The van der Waals surface area contributed by atoms with Crippen LogP contribution in [0.4, 0.5) is 0 Å². The van der Waals surface area contributed by atoms with E-state index in [1.807, 2.05) is 0 Å². The second-order valence-electron chi connectivity index (χ2n) is 23.6. The Morgan fingerprint density at radius 3 is 0.846 bits per heavy atom. The van der Waals surface area contributed by atoms with Gasteiger partial charge in [0.25, 0.3) is 0 Å². The Morgan fingerprint density at radius 1 is 0.372 bits per heavy atom. The lowest BCUT2D eigenvalue weighted by atomic mass is 10.0. The van der Waals surface area contributed by atoms with Crippen molar-refractivity contribution >= 4 is 45.6 Å². The summed E-state index contributed by atoms with van der Waals surface area (Å²) in [5.41, 5.74) is 0. The van der Waals surface area contributed by atoms with Crippen LogP contribution in [0, 0.1) is 0 Å². The van der Waals surface area contributed by atoms with Crippen LogP contribution in [0.25, 0.3) is 0 Å². The molecule has 1 aliphatic rings. The standard InChI is InChI=1S/C64H124N4O8S2/c1-5-9-13-17-21-25-29-33-41-55(69)51-67(52-56(70)42-34-30-26-22-18-14-10-6-2)45-37-39-47-77-61(73)49-59-63(75)66-60(64(76)65-59)50-62(74)78-48-40-38-46-68(53-57(71)43-35-31-27-23-19-15-11-7-3)54-58(72)44-36-32-28-24-20-16-12-8-4/h55-60,69-72H,5-54H2,1-4H3,(H,65,76)(H,66,75). The van der Waals surface area contributed by atoms with E-state index in [0.29, 0.717) is 37.7 Å². The van der Waals surface area contributed by atoms with Crippen molar-refractivity contribution in [3.05, 3.63) is 0 Å². The number of rotatable bonds is 58. The predicted molar refractivity (Wildman–Crippen MR) is 332 cm³/mol. The van der Waals surface area contributed by atoms with E-state index in [2.05, 4.69) is 48.1 Å². The zero-order chi connectivity index (χ0) is 57.1. The number of aliphatic hydroxyl groups excluding tert-OH is 4. The van der Waals surface area contributed by atoms with Crippen LogP contribution in [0.3, 0.4) is 0 Å². The van der Waals surface area contributed by atoms with Crippen LogP contribution in [0.15, 0.2) is 0 Å². The third-order valence-corrected chi connectivity index (χ3v) is 17.7. The van der Waals surface area contributed by atoms with E-state index >= 15 is 0 Å². The van der Waals surface area contributed by atoms with E-state index in [1.54, 1.807) is 0 Å². The first-order valence-corrected chi connectivity index (χ1v) is 35.0. The van der Waals surface area contributed by atoms with E-state index in [1.165, 1.54) is 178 Å². The Bertz CT molecular complexity index is 1260. The quantitative estimate of drug-likeness (QED) is 0.0318. The molecule has 6 atom stereocenters. The molecule has 1 fully saturated rings. The van der Waals surface area contributed by atoms with Crippen molar-refractivity contribution in [2.75, 3.05) is 50.8 Å². The Hall–Kier alpha value is -1.26. The maximum absolute atomic E-state index is 13.1. The summed E-state index contributed by atoms with van der Waals surface area (Å²) in [4.78, 5) is 56.6. The zero-order valence-electron chi connectivity index (χ0n) is 51.0. The number of nitrogens with one attached hydrogen (secondary N) is 2. The molecule has 6 N–H and O–H groups in total. The average molecular weight is 1140 g/mol. The maximum Gasteiger partial charge on any atom is 0.243 e. The Labute approximate surface area is 487 Å². The monoisotopic (exact) mass is 1140 g/mol. The highest BCUT2D eigenvalue weighted by atomic mass is 32.2. The third kappa shape index (κ3) is 45.3. The molecule has 78 heavy (non-hydrogen) atoms. The molecule has 1 aliphatic heterocycles. The fourth-order valence-electron chi connectivity index (χ4n) is 10.8. The topological polar surface area (TPSA) is 180 Å². The first-order valence-electron chi connectivity index (χ1n) is 33.0. The average Bonchev–Trinajstić information content (AvgIpc) is 3.40. The van der Waals surface area contributed by atoms with E-state index in [4.69, 9.17) is 0 Å². The molecule has 0 aromatic heterocycles. The Balaban J connectivity index is 2.52. The number of aliphatic hydroxyl groups is 4. The molecule has 0 bridgehead atoms. The molecule has 1 rings (SSSR count). The fraction of sp³-hybridized carbons (Fsp3) is 0.938. The van der Waals surface area contributed by atoms with Crippen molar-refractivity contribution in [3.8, 4) is 0 Å². The van der Waals surface area contributed by atoms with E-state index < -0.39 is 48.3 Å². The summed E-state index contributed by atoms with van der Waals surface area (Å²) >= 11 is 2.34. The van der Waals surface area contributed by atoms with Gasteiger partial charge in [0.05, 0.1) is 24.4 Å². The van der Waals surface area contributed by atoms with Gasteiger partial charge in [0.1, 0.15) is 12.1 Å². The molecule has 0 spiro atoms. The van der Waals surface area contributed by atoms with Gasteiger partial charge >= 0.3 is 0 Å². The molecule has 14 heteroatoms. The van der Waals surface area contributed by atoms with Gasteiger partial charge in [-0.25, -0.2) is 0 Å². The molecule has 460 valence electrons. The highest BCUT2D eigenvalue weighted by molar-refractivity contribution is 8.13. The van der Waals surface area contributed by atoms with Gasteiger partial charge in [0.15, 0.2) is 10.2 Å². The van der Waals surface area contributed by atoms with E-state index in [0.717, 1.165) is 116 Å². The van der Waals surface area contributed by atoms with Gasteiger partial charge in [-0.1, -0.05) is 257 Å². The van der Waals surface area contributed by atoms with Gasteiger partial charge in [-0.05, 0) is 64.5 Å². The first kappa shape index (κ1) is 74.8. The number of piperazine rings is 1. The van der Waals surface area contributed by atoms with Crippen molar-refractivity contribution in [1.29, 1.82) is 0 Å². The number of carbonyl (C=O) groups is 4. The summed E-state index contributed by atoms with van der Waals surface area (Å²) in [5.74, 6) is 0.247. The normalized spacial score (nSPS) is 16.4. The molecule has 0 radical (unpaired) electrons. The third-order valence-electron chi connectivity index (χ3n) is 15.7. The summed E-state index contributed by atoms with van der Waals surface area (Å²) in [6, 6.07) is -1.95. The number of nitrogens with zero attached hydrogens (tertiary/aromatic N) is 2. The largest absolute Gasteiger partial charge is 0.392 e. The minimum Gasteiger partial charge on any atom is -0.392 e. The SMILES string of the molecule is CCCCCCCCCCC(O)CN(CCCCSC(=O)CC1NC(=O)C(CC(=O)SCCCCN(CC(O)CCCCCCCCCC)CC(O)CCCCCCCCCC)NC1=O)CC(O)CCCCCCCCCC. The summed E-state index contributed by atoms with van der Waals surface area (Å²) in [6.45, 7) is 12.6. The number of unbranched alkanes of at least 4 members (excludes halogenated alkanes) is 30. The lowest BCUT2D eigenvalue weighted by molar-refractivity contribution is -0.138. The minimum absolute atomic E-state index is 0.122. The van der Waals surface area contributed by atoms with Crippen molar-refractivity contribution in [1.82, 2.24) is 20.4 Å². The number of thioether (sulfide) groups is 2. The minimum atomic E-state index is -0.974. The van der Waals surface area contributed by atoms with Crippen molar-refractivity contribution in [3.63, 3.8) is 0 Å². The van der Waals surface area contributed by atoms with Crippen LogP contribution in [0.5, 0.6) is 0 Å². The summed E-state index contributed by atoms with van der Waals surface area (Å²) in [5, 5.41) is 49.0. The van der Waals surface area contributed by atoms with Gasteiger partial charge in [0.2, 0.25) is 11.8 Å². The molecule has 1 saturated heterocycles. The molecular formula is C64H124N4O8S2. The highest BCUT2D eigenvalue weighted by Gasteiger charge is 2.36. The first-order chi connectivity index (χ1) is 37.9. The Kier molecular flexibility index (Phi) is 51.5. The van der Waals surface area contributed by atoms with Gasteiger partial charge in [-0.3, -0.25) is 29.0 Å². The number of carbonyl (C=O) groups excluding carboxylic acids is 4. The van der Waals surface area contributed by atoms with Crippen molar-refractivity contribution < 1.29 is 39.6 Å². The molecule has 6 unspecified atom stereocenters. The smallest absolute Gasteiger partial charge is 0.243 e. The molecule has 1 heterocycles. The van der Waals surface area contributed by atoms with Gasteiger partial charge < -0.3 is 31.1 Å². The Morgan fingerprint density at radius 2 is 0.603 bits per heavy atom. The summed E-state index contributed by atoms with van der Waals surface area (Å²) in [7, 11) is 0. The lowest BCUT2D eigenvalue weighted by Crippen LogP contribution is -2.62. The number of hydrogen-bond donors (Lipinski definition) is 6.